The molecule has 21 heavy (non-hydrogen) atoms. The molecule has 2 heteroatoms. The number of benzene rings is 1. The fraction of sp³-hybridized carbons (Fsp3) is 0.684. The number of hydrogen-bond acceptors (Lipinski definition) is 2. The van der Waals surface area contributed by atoms with Crippen LogP contribution in [0.4, 0.5) is 5.69 Å². The lowest BCUT2D eigenvalue weighted by atomic mass is 9.83. The highest BCUT2D eigenvalue weighted by molar-refractivity contribution is 5.47. The van der Waals surface area contributed by atoms with Gasteiger partial charge in [0.05, 0.1) is 0 Å². The number of likely N-dealkylation sites (N-methyl/N-ethyl adjacent to an activating group) is 2. The molecule has 2 rings (SSSR count). The van der Waals surface area contributed by atoms with Crippen molar-refractivity contribution in [1.82, 2.24) is 5.32 Å². The Labute approximate surface area is 130 Å². The maximum Gasteiger partial charge on any atom is 0.0366 e. The summed E-state index contributed by atoms with van der Waals surface area (Å²) in [5.41, 5.74) is 2.70. The molecule has 1 atom stereocenters. The Balaban J connectivity index is 2.03. The van der Waals surface area contributed by atoms with E-state index in [9.17, 15) is 0 Å². The molecule has 1 unspecified atom stereocenters. The van der Waals surface area contributed by atoms with E-state index in [4.69, 9.17) is 0 Å². The third-order valence-corrected chi connectivity index (χ3v) is 4.88. The second kappa shape index (κ2) is 8.43. The molecule has 0 spiro atoms. The van der Waals surface area contributed by atoms with Gasteiger partial charge in [-0.05, 0) is 51.3 Å². The zero-order valence-corrected chi connectivity index (χ0v) is 14.1. The van der Waals surface area contributed by atoms with Gasteiger partial charge in [-0.1, -0.05) is 43.9 Å². The largest absolute Gasteiger partial charge is 0.370 e. The van der Waals surface area contributed by atoms with Crippen LogP contribution in [0.5, 0.6) is 0 Å². The van der Waals surface area contributed by atoms with Crippen LogP contribution >= 0.6 is 0 Å². The minimum Gasteiger partial charge on any atom is -0.370 e. The molecule has 0 heterocycles. The predicted octanol–water partition coefficient (Wildman–Crippen LogP) is 4.38. The maximum atomic E-state index is 3.76. The molecule has 0 saturated heterocycles. The number of rotatable bonds is 7. The lowest BCUT2D eigenvalue weighted by Gasteiger charge is -2.35. The molecule has 1 aliphatic carbocycles. The van der Waals surface area contributed by atoms with E-state index in [0.29, 0.717) is 6.04 Å². The first-order chi connectivity index (χ1) is 10.2. The zero-order chi connectivity index (χ0) is 15.1. The molecule has 1 aliphatic rings. The summed E-state index contributed by atoms with van der Waals surface area (Å²) >= 11 is 0. The van der Waals surface area contributed by atoms with E-state index in [1.54, 1.807) is 0 Å². The summed E-state index contributed by atoms with van der Waals surface area (Å²) in [6.07, 6.45) is 7.09. The van der Waals surface area contributed by atoms with Crippen LogP contribution in [-0.2, 0) is 0 Å². The molecular formula is C19H32N2. The van der Waals surface area contributed by atoms with Gasteiger partial charge in [0, 0.05) is 24.8 Å². The van der Waals surface area contributed by atoms with Crippen molar-refractivity contribution in [2.24, 2.45) is 5.92 Å². The Hall–Kier alpha value is -1.02. The number of aryl methyl sites for hydroxylation is 1. The van der Waals surface area contributed by atoms with E-state index < -0.39 is 0 Å². The molecule has 0 aromatic heterocycles. The predicted molar refractivity (Wildman–Crippen MR) is 93.1 cm³/mol. The van der Waals surface area contributed by atoms with E-state index in [2.05, 4.69) is 55.3 Å². The van der Waals surface area contributed by atoms with Crippen molar-refractivity contribution >= 4 is 5.69 Å². The van der Waals surface area contributed by atoms with Gasteiger partial charge in [-0.15, -0.1) is 0 Å². The van der Waals surface area contributed by atoms with Gasteiger partial charge in [-0.3, -0.25) is 0 Å². The molecule has 0 aliphatic heterocycles. The summed E-state index contributed by atoms with van der Waals surface area (Å²) in [5, 5.41) is 3.76. The average molecular weight is 288 g/mol. The quantitative estimate of drug-likeness (QED) is 0.801. The molecule has 1 aromatic carbocycles. The van der Waals surface area contributed by atoms with Crippen molar-refractivity contribution in [1.29, 1.82) is 0 Å². The van der Waals surface area contributed by atoms with E-state index in [-0.39, 0.29) is 0 Å². The highest BCUT2D eigenvalue weighted by Gasteiger charge is 2.24. The fourth-order valence-electron chi connectivity index (χ4n) is 3.59. The summed E-state index contributed by atoms with van der Waals surface area (Å²) in [6.45, 7) is 9.95. The Morgan fingerprint density at radius 1 is 1.10 bits per heavy atom. The van der Waals surface area contributed by atoms with Gasteiger partial charge in [-0.25, -0.2) is 0 Å². The topological polar surface area (TPSA) is 15.3 Å². The normalized spacial score (nSPS) is 17.7. The SMILES string of the molecule is CCNC(CN(CC)c1ccc(C)cc1)C1CCCCC1. The van der Waals surface area contributed by atoms with Crippen molar-refractivity contribution in [3.63, 3.8) is 0 Å². The Bertz CT molecular complexity index is 393. The van der Waals surface area contributed by atoms with Crippen molar-refractivity contribution in [3.8, 4) is 0 Å². The van der Waals surface area contributed by atoms with Crippen LogP contribution in [0.3, 0.4) is 0 Å². The molecule has 1 fully saturated rings. The summed E-state index contributed by atoms with van der Waals surface area (Å²) in [6, 6.07) is 9.61. The van der Waals surface area contributed by atoms with Gasteiger partial charge >= 0.3 is 0 Å². The van der Waals surface area contributed by atoms with E-state index in [1.165, 1.54) is 43.4 Å². The molecule has 0 amide bonds. The van der Waals surface area contributed by atoms with Crippen LogP contribution in [0.25, 0.3) is 0 Å². The summed E-state index contributed by atoms with van der Waals surface area (Å²) < 4.78 is 0. The molecule has 118 valence electrons. The zero-order valence-electron chi connectivity index (χ0n) is 14.1. The van der Waals surface area contributed by atoms with Gasteiger partial charge in [0.15, 0.2) is 0 Å². The standard InChI is InChI=1S/C19H32N2/c1-4-20-19(17-9-7-6-8-10-17)15-21(5-2)18-13-11-16(3)12-14-18/h11-14,17,19-20H,4-10,15H2,1-3H3. The van der Waals surface area contributed by atoms with Gasteiger partial charge in [-0.2, -0.15) is 0 Å². The van der Waals surface area contributed by atoms with E-state index in [0.717, 1.165) is 25.6 Å². The van der Waals surface area contributed by atoms with Gasteiger partial charge in [0.2, 0.25) is 0 Å². The first-order valence-corrected chi connectivity index (χ1v) is 8.79. The van der Waals surface area contributed by atoms with Crippen LogP contribution in [0.1, 0.15) is 51.5 Å². The van der Waals surface area contributed by atoms with Gasteiger partial charge in [0.1, 0.15) is 0 Å². The molecular weight excluding hydrogens is 256 g/mol. The fourth-order valence-corrected chi connectivity index (χ4v) is 3.59. The Morgan fingerprint density at radius 3 is 2.33 bits per heavy atom. The highest BCUT2D eigenvalue weighted by atomic mass is 15.2. The minimum absolute atomic E-state index is 0.636. The number of hydrogen-bond donors (Lipinski definition) is 1. The number of anilines is 1. The van der Waals surface area contributed by atoms with Crippen molar-refractivity contribution in [3.05, 3.63) is 29.8 Å². The van der Waals surface area contributed by atoms with Crippen molar-refractivity contribution in [2.45, 2.75) is 58.9 Å². The van der Waals surface area contributed by atoms with Crippen molar-refractivity contribution in [2.75, 3.05) is 24.5 Å². The highest BCUT2D eigenvalue weighted by Crippen LogP contribution is 2.28. The summed E-state index contributed by atoms with van der Waals surface area (Å²) in [4.78, 5) is 2.53. The third kappa shape index (κ3) is 4.74. The van der Waals surface area contributed by atoms with Crippen LogP contribution in [0.15, 0.2) is 24.3 Å². The first kappa shape index (κ1) is 16.4. The lowest BCUT2D eigenvalue weighted by molar-refractivity contribution is 0.272. The molecule has 2 nitrogen and oxygen atoms in total. The maximum absolute atomic E-state index is 3.76. The smallest absolute Gasteiger partial charge is 0.0366 e. The van der Waals surface area contributed by atoms with Crippen LogP contribution < -0.4 is 10.2 Å². The van der Waals surface area contributed by atoms with E-state index >= 15 is 0 Å². The third-order valence-electron chi connectivity index (χ3n) is 4.88. The first-order valence-electron chi connectivity index (χ1n) is 8.79. The Morgan fingerprint density at radius 2 is 1.76 bits per heavy atom. The van der Waals surface area contributed by atoms with Gasteiger partial charge in [0.25, 0.3) is 0 Å². The number of nitrogens with one attached hydrogen (secondary N) is 1. The van der Waals surface area contributed by atoms with Crippen LogP contribution in [0, 0.1) is 12.8 Å². The monoisotopic (exact) mass is 288 g/mol. The summed E-state index contributed by atoms with van der Waals surface area (Å²) in [5.74, 6) is 0.859. The van der Waals surface area contributed by atoms with E-state index in [1.807, 2.05) is 0 Å². The van der Waals surface area contributed by atoms with Crippen LogP contribution in [-0.4, -0.2) is 25.7 Å². The Kier molecular flexibility index (Phi) is 6.56. The average Bonchev–Trinajstić information content (AvgIpc) is 2.53. The van der Waals surface area contributed by atoms with Crippen LogP contribution in [0.2, 0.25) is 0 Å². The minimum atomic E-state index is 0.636. The van der Waals surface area contributed by atoms with Crippen molar-refractivity contribution < 1.29 is 0 Å². The molecule has 1 aromatic rings. The molecule has 1 saturated carbocycles. The molecule has 0 bridgehead atoms. The lowest BCUT2D eigenvalue weighted by Crippen LogP contribution is -2.46. The molecule has 0 radical (unpaired) electrons. The second-order valence-corrected chi connectivity index (χ2v) is 6.44. The van der Waals surface area contributed by atoms with Gasteiger partial charge < -0.3 is 10.2 Å². The number of nitrogens with zero attached hydrogens (tertiary/aromatic N) is 1. The molecule has 1 N–H and O–H groups in total. The summed E-state index contributed by atoms with van der Waals surface area (Å²) in [7, 11) is 0. The second-order valence-electron chi connectivity index (χ2n) is 6.44.